The smallest absolute Gasteiger partial charge is 0.264 e. The Labute approximate surface area is 95.9 Å². The number of carbonyl (C=O) groups excluding carboxylic acids is 1. The predicted molar refractivity (Wildman–Crippen MR) is 60.7 cm³/mol. The van der Waals surface area contributed by atoms with E-state index in [2.05, 4.69) is 15.5 Å². The number of aromatic hydroxyl groups is 2. The number of hydrogen-bond acceptors (Lipinski definition) is 5. The standard InChI is InChI=1S/C10H10N4O3/c11-5-4-12-14-9(5)13-10(17)8-6(15)2-1-3-7(8)16/h1-4,15-16H,11H2,(H2,12,13,14,17). The highest BCUT2D eigenvalue weighted by molar-refractivity contribution is 6.08. The van der Waals surface area contributed by atoms with Crippen molar-refractivity contribution in [2.45, 2.75) is 0 Å². The van der Waals surface area contributed by atoms with Gasteiger partial charge in [-0.1, -0.05) is 6.07 Å². The number of nitrogens with one attached hydrogen (secondary N) is 2. The molecule has 7 nitrogen and oxygen atoms in total. The SMILES string of the molecule is Nc1cn[nH]c1NC(=O)c1c(O)cccc1O. The second-order valence-electron chi connectivity index (χ2n) is 3.33. The van der Waals surface area contributed by atoms with Crippen LogP contribution in [0.15, 0.2) is 24.4 Å². The van der Waals surface area contributed by atoms with Crippen molar-refractivity contribution >= 4 is 17.4 Å². The predicted octanol–water partition coefficient (Wildman–Crippen LogP) is 0.655. The van der Waals surface area contributed by atoms with Crippen LogP contribution in [0.2, 0.25) is 0 Å². The second kappa shape index (κ2) is 4.05. The molecule has 0 saturated carbocycles. The number of nitrogen functional groups attached to an aromatic ring is 1. The zero-order valence-electron chi connectivity index (χ0n) is 8.64. The quantitative estimate of drug-likeness (QED) is 0.522. The number of carbonyl (C=O) groups is 1. The molecule has 1 heterocycles. The molecule has 0 bridgehead atoms. The van der Waals surface area contributed by atoms with Crippen LogP contribution >= 0.6 is 0 Å². The lowest BCUT2D eigenvalue weighted by atomic mass is 10.1. The number of rotatable bonds is 2. The van der Waals surface area contributed by atoms with Gasteiger partial charge in [0.1, 0.15) is 17.1 Å². The van der Waals surface area contributed by atoms with E-state index in [1.165, 1.54) is 24.4 Å². The average Bonchev–Trinajstić information content (AvgIpc) is 2.64. The first kappa shape index (κ1) is 10.8. The molecule has 7 heteroatoms. The Kier molecular flexibility index (Phi) is 2.57. The third-order valence-electron chi connectivity index (χ3n) is 2.15. The van der Waals surface area contributed by atoms with Gasteiger partial charge in [-0.2, -0.15) is 5.10 Å². The summed E-state index contributed by atoms with van der Waals surface area (Å²) in [5.41, 5.74) is 5.55. The highest BCUT2D eigenvalue weighted by atomic mass is 16.3. The minimum absolute atomic E-state index is 0.206. The van der Waals surface area contributed by atoms with Gasteiger partial charge in [-0.3, -0.25) is 9.89 Å². The van der Waals surface area contributed by atoms with Gasteiger partial charge in [0, 0.05) is 0 Å². The number of phenolic OH excluding ortho intramolecular Hbond substituents is 2. The first-order valence-electron chi connectivity index (χ1n) is 4.70. The highest BCUT2D eigenvalue weighted by Gasteiger charge is 2.17. The third kappa shape index (κ3) is 1.98. The van der Waals surface area contributed by atoms with E-state index < -0.39 is 5.91 Å². The van der Waals surface area contributed by atoms with Crippen molar-refractivity contribution in [2.75, 3.05) is 11.1 Å². The first-order valence-corrected chi connectivity index (χ1v) is 4.70. The lowest BCUT2D eigenvalue weighted by Gasteiger charge is -2.07. The number of aromatic amines is 1. The molecule has 0 aliphatic rings. The van der Waals surface area contributed by atoms with Crippen LogP contribution < -0.4 is 11.1 Å². The highest BCUT2D eigenvalue weighted by Crippen LogP contribution is 2.27. The number of hydrogen-bond donors (Lipinski definition) is 5. The van der Waals surface area contributed by atoms with Crippen LogP contribution in [0.25, 0.3) is 0 Å². The molecule has 0 spiro atoms. The zero-order valence-corrected chi connectivity index (χ0v) is 8.64. The molecule has 2 aromatic rings. The van der Waals surface area contributed by atoms with Crippen LogP contribution in [0.1, 0.15) is 10.4 Å². The largest absolute Gasteiger partial charge is 0.507 e. The van der Waals surface area contributed by atoms with Crippen LogP contribution in [-0.2, 0) is 0 Å². The number of phenols is 2. The number of nitrogens with zero attached hydrogens (tertiary/aromatic N) is 1. The molecular weight excluding hydrogens is 224 g/mol. The molecule has 1 amide bonds. The Hall–Kier alpha value is -2.70. The summed E-state index contributed by atoms with van der Waals surface area (Å²) in [6, 6.07) is 4.02. The van der Waals surface area contributed by atoms with Gasteiger partial charge in [0.25, 0.3) is 5.91 Å². The summed E-state index contributed by atoms with van der Waals surface area (Å²) in [6.07, 6.45) is 1.33. The van der Waals surface area contributed by atoms with Crippen molar-refractivity contribution in [1.82, 2.24) is 10.2 Å². The van der Waals surface area contributed by atoms with Crippen molar-refractivity contribution < 1.29 is 15.0 Å². The molecule has 6 N–H and O–H groups in total. The Morgan fingerprint density at radius 3 is 2.53 bits per heavy atom. The van der Waals surface area contributed by atoms with Gasteiger partial charge >= 0.3 is 0 Å². The molecule has 17 heavy (non-hydrogen) atoms. The molecule has 0 radical (unpaired) electrons. The average molecular weight is 234 g/mol. The van der Waals surface area contributed by atoms with Gasteiger partial charge in [-0.25, -0.2) is 0 Å². The number of benzene rings is 1. The van der Waals surface area contributed by atoms with Gasteiger partial charge in [0.05, 0.1) is 11.9 Å². The van der Waals surface area contributed by atoms with E-state index >= 15 is 0 Å². The first-order chi connectivity index (χ1) is 8.09. The van der Waals surface area contributed by atoms with Crippen LogP contribution in [-0.4, -0.2) is 26.3 Å². The van der Waals surface area contributed by atoms with E-state index in [0.29, 0.717) is 0 Å². The molecule has 2 rings (SSSR count). The summed E-state index contributed by atoms with van der Waals surface area (Å²) >= 11 is 0. The fourth-order valence-electron chi connectivity index (χ4n) is 1.33. The molecule has 0 fully saturated rings. The summed E-state index contributed by atoms with van der Waals surface area (Å²) in [5.74, 6) is -1.12. The monoisotopic (exact) mass is 234 g/mol. The van der Waals surface area contributed by atoms with Gasteiger partial charge in [0.15, 0.2) is 5.82 Å². The van der Waals surface area contributed by atoms with Crippen LogP contribution in [0.4, 0.5) is 11.5 Å². The maximum atomic E-state index is 11.8. The summed E-state index contributed by atoms with van der Waals surface area (Å²) in [7, 11) is 0. The number of aromatic nitrogens is 2. The van der Waals surface area contributed by atoms with Crippen molar-refractivity contribution in [1.29, 1.82) is 0 Å². The summed E-state index contributed by atoms with van der Waals surface area (Å²) in [4.78, 5) is 11.8. The minimum atomic E-state index is -0.684. The van der Waals surface area contributed by atoms with Crippen LogP contribution in [0, 0.1) is 0 Å². The molecule has 0 aliphatic carbocycles. The van der Waals surface area contributed by atoms with Crippen LogP contribution in [0.5, 0.6) is 11.5 Å². The van der Waals surface area contributed by atoms with Gasteiger partial charge in [-0.15, -0.1) is 0 Å². The Morgan fingerprint density at radius 1 is 1.35 bits per heavy atom. The van der Waals surface area contributed by atoms with E-state index in [-0.39, 0.29) is 28.6 Å². The Bertz CT molecular complexity index is 544. The van der Waals surface area contributed by atoms with Gasteiger partial charge in [0.2, 0.25) is 0 Å². The lowest BCUT2D eigenvalue weighted by molar-refractivity contribution is 0.102. The normalized spacial score (nSPS) is 10.1. The number of anilines is 2. The number of amides is 1. The lowest BCUT2D eigenvalue weighted by Crippen LogP contribution is -2.13. The molecule has 0 unspecified atom stereocenters. The number of nitrogens with two attached hydrogens (primary N) is 1. The van der Waals surface area contributed by atoms with Crippen LogP contribution in [0.3, 0.4) is 0 Å². The maximum absolute atomic E-state index is 11.8. The van der Waals surface area contributed by atoms with Crippen molar-refractivity contribution in [3.8, 4) is 11.5 Å². The molecule has 0 atom stereocenters. The fraction of sp³-hybridized carbons (Fsp3) is 0. The Balaban J connectivity index is 2.30. The summed E-state index contributed by atoms with van der Waals surface area (Å²) in [6.45, 7) is 0. The van der Waals surface area contributed by atoms with E-state index in [9.17, 15) is 15.0 Å². The van der Waals surface area contributed by atoms with Gasteiger partial charge in [-0.05, 0) is 12.1 Å². The molecule has 88 valence electrons. The maximum Gasteiger partial charge on any atom is 0.264 e. The van der Waals surface area contributed by atoms with Crippen molar-refractivity contribution in [2.24, 2.45) is 0 Å². The Morgan fingerprint density at radius 2 is 2.00 bits per heavy atom. The molecule has 0 aliphatic heterocycles. The number of H-pyrrole nitrogens is 1. The summed E-state index contributed by atoms with van der Waals surface area (Å²) in [5, 5.41) is 27.4. The topological polar surface area (TPSA) is 124 Å². The van der Waals surface area contributed by atoms with E-state index in [1.54, 1.807) is 0 Å². The molecule has 1 aromatic carbocycles. The van der Waals surface area contributed by atoms with Gasteiger partial charge < -0.3 is 21.3 Å². The fourth-order valence-corrected chi connectivity index (χ4v) is 1.33. The summed E-state index contributed by atoms with van der Waals surface area (Å²) < 4.78 is 0. The molecular formula is C10H10N4O3. The third-order valence-corrected chi connectivity index (χ3v) is 2.15. The second-order valence-corrected chi connectivity index (χ2v) is 3.33. The van der Waals surface area contributed by atoms with E-state index in [1.807, 2.05) is 0 Å². The zero-order chi connectivity index (χ0) is 12.4. The molecule has 0 saturated heterocycles. The minimum Gasteiger partial charge on any atom is -0.507 e. The van der Waals surface area contributed by atoms with E-state index in [4.69, 9.17) is 5.73 Å². The van der Waals surface area contributed by atoms with E-state index in [0.717, 1.165) is 0 Å². The molecule has 1 aromatic heterocycles. The van der Waals surface area contributed by atoms with Crippen molar-refractivity contribution in [3.05, 3.63) is 30.0 Å². The van der Waals surface area contributed by atoms with Crippen molar-refractivity contribution in [3.63, 3.8) is 0 Å².